The van der Waals surface area contributed by atoms with E-state index in [9.17, 15) is 18.4 Å². The number of urea groups is 1. The lowest BCUT2D eigenvalue weighted by atomic mass is 10.1. The fourth-order valence-electron chi connectivity index (χ4n) is 1.95. The van der Waals surface area contributed by atoms with E-state index in [0.717, 1.165) is 11.0 Å². The SMILES string of the molecule is CCC(C(=O)O)N(C)C(=O)NCCc1cc(F)cc(F)c1. The van der Waals surface area contributed by atoms with Gasteiger partial charge in [-0.15, -0.1) is 0 Å². The zero-order valence-electron chi connectivity index (χ0n) is 11.9. The molecule has 0 aliphatic carbocycles. The van der Waals surface area contributed by atoms with E-state index in [1.807, 2.05) is 0 Å². The normalized spacial score (nSPS) is 11.8. The number of hydrogen-bond acceptors (Lipinski definition) is 2. The standard InChI is InChI=1S/C14H18F2N2O3/c1-3-12(13(19)20)18(2)14(21)17-5-4-9-6-10(15)8-11(16)7-9/h6-8,12H,3-5H2,1-2H3,(H,17,21)(H,19,20). The summed E-state index contributed by atoms with van der Waals surface area (Å²) < 4.78 is 26.0. The number of rotatable bonds is 6. The Balaban J connectivity index is 2.51. The fraction of sp³-hybridized carbons (Fsp3) is 0.429. The summed E-state index contributed by atoms with van der Waals surface area (Å²) in [6, 6.07) is 1.70. The molecule has 116 valence electrons. The first kappa shape index (κ1) is 16.9. The molecule has 0 saturated carbocycles. The number of aliphatic carboxylic acids is 1. The molecule has 2 N–H and O–H groups in total. The number of carbonyl (C=O) groups excluding carboxylic acids is 1. The van der Waals surface area contributed by atoms with Gasteiger partial charge >= 0.3 is 12.0 Å². The Labute approximate surface area is 121 Å². The van der Waals surface area contributed by atoms with E-state index < -0.39 is 29.7 Å². The molecule has 5 nitrogen and oxygen atoms in total. The molecule has 1 atom stereocenters. The maximum absolute atomic E-state index is 13.0. The van der Waals surface area contributed by atoms with E-state index in [0.29, 0.717) is 5.56 Å². The first-order valence-corrected chi connectivity index (χ1v) is 6.53. The van der Waals surface area contributed by atoms with Gasteiger partial charge in [0.25, 0.3) is 0 Å². The summed E-state index contributed by atoms with van der Waals surface area (Å²) in [5.41, 5.74) is 0.417. The molecule has 1 aromatic carbocycles. The van der Waals surface area contributed by atoms with E-state index >= 15 is 0 Å². The molecule has 7 heteroatoms. The van der Waals surface area contributed by atoms with Crippen LogP contribution in [0.1, 0.15) is 18.9 Å². The number of carboxylic acids is 1. The Hall–Kier alpha value is -2.18. The van der Waals surface area contributed by atoms with Crippen molar-refractivity contribution in [2.75, 3.05) is 13.6 Å². The Morgan fingerprint density at radius 3 is 2.33 bits per heavy atom. The zero-order valence-corrected chi connectivity index (χ0v) is 11.9. The van der Waals surface area contributed by atoms with Crippen molar-refractivity contribution in [2.45, 2.75) is 25.8 Å². The molecule has 0 heterocycles. The maximum atomic E-state index is 13.0. The van der Waals surface area contributed by atoms with Crippen molar-refractivity contribution in [3.05, 3.63) is 35.4 Å². The van der Waals surface area contributed by atoms with Gasteiger partial charge in [0.15, 0.2) is 0 Å². The number of hydrogen-bond donors (Lipinski definition) is 2. The highest BCUT2D eigenvalue weighted by Gasteiger charge is 2.24. The lowest BCUT2D eigenvalue weighted by molar-refractivity contribution is -0.141. The first-order valence-electron chi connectivity index (χ1n) is 6.53. The third-order valence-corrected chi connectivity index (χ3v) is 3.07. The Bertz CT molecular complexity index is 503. The second-order valence-electron chi connectivity index (χ2n) is 4.63. The smallest absolute Gasteiger partial charge is 0.326 e. The maximum Gasteiger partial charge on any atom is 0.326 e. The number of carboxylic acid groups (broad SMARTS) is 1. The van der Waals surface area contributed by atoms with Crippen LogP contribution in [0.3, 0.4) is 0 Å². The highest BCUT2D eigenvalue weighted by molar-refractivity contribution is 5.82. The van der Waals surface area contributed by atoms with Crippen LogP contribution in [-0.4, -0.2) is 41.6 Å². The molecule has 21 heavy (non-hydrogen) atoms. The third kappa shape index (κ3) is 5.02. The summed E-state index contributed by atoms with van der Waals surface area (Å²) in [6.07, 6.45) is 0.534. The largest absolute Gasteiger partial charge is 0.480 e. The van der Waals surface area contributed by atoms with Gasteiger partial charge in [-0.05, 0) is 30.5 Å². The molecular weight excluding hydrogens is 282 g/mol. The van der Waals surface area contributed by atoms with Gasteiger partial charge in [-0.1, -0.05) is 6.92 Å². The molecule has 0 aliphatic heterocycles. The van der Waals surface area contributed by atoms with Crippen LogP contribution in [0.4, 0.5) is 13.6 Å². The summed E-state index contributed by atoms with van der Waals surface area (Å²) >= 11 is 0. The van der Waals surface area contributed by atoms with Gasteiger partial charge in [0.2, 0.25) is 0 Å². The molecular formula is C14H18F2N2O3. The minimum atomic E-state index is -1.08. The fourth-order valence-corrected chi connectivity index (χ4v) is 1.95. The third-order valence-electron chi connectivity index (χ3n) is 3.07. The lowest BCUT2D eigenvalue weighted by Gasteiger charge is -2.24. The van der Waals surface area contributed by atoms with Crippen LogP contribution in [0.5, 0.6) is 0 Å². The van der Waals surface area contributed by atoms with Crippen LogP contribution >= 0.6 is 0 Å². The second-order valence-corrected chi connectivity index (χ2v) is 4.63. The van der Waals surface area contributed by atoms with Crippen molar-refractivity contribution in [1.29, 1.82) is 0 Å². The molecule has 0 aliphatic rings. The molecule has 1 rings (SSSR count). The van der Waals surface area contributed by atoms with E-state index in [-0.39, 0.29) is 19.4 Å². The minimum absolute atomic E-state index is 0.155. The van der Waals surface area contributed by atoms with Crippen molar-refractivity contribution >= 4 is 12.0 Å². The highest BCUT2D eigenvalue weighted by Crippen LogP contribution is 2.08. The molecule has 2 amide bonds. The molecule has 0 fully saturated rings. The van der Waals surface area contributed by atoms with Gasteiger partial charge in [-0.3, -0.25) is 0 Å². The van der Waals surface area contributed by atoms with E-state index in [4.69, 9.17) is 5.11 Å². The topological polar surface area (TPSA) is 69.6 Å². The quantitative estimate of drug-likeness (QED) is 0.844. The molecule has 1 unspecified atom stereocenters. The Morgan fingerprint density at radius 1 is 1.29 bits per heavy atom. The van der Waals surface area contributed by atoms with Gasteiger partial charge in [0.05, 0.1) is 0 Å². The van der Waals surface area contributed by atoms with Crippen LogP contribution in [0.25, 0.3) is 0 Å². The van der Waals surface area contributed by atoms with Gasteiger partial charge in [-0.25, -0.2) is 18.4 Å². The molecule has 1 aromatic rings. The van der Waals surface area contributed by atoms with E-state index in [1.165, 1.54) is 19.2 Å². The molecule has 0 aromatic heterocycles. The van der Waals surface area contributed by atoms with Gasteiger partial charge in [0, 0.05) is 19.7 Å². The number of likely N-dealkylation sites (N-methyl/N-ethyl adjacent to an activating group) is 1. The van der Waals surface area contributed by atoms with E-state index in [1.54, 1.807) is 6.92 Å². The molecule has 0 saturated heterocycles. The average molecular weight is 300 g/mol. The molecule has 0 bridgehead atoms. The summed E-state index contributed by atoms with van der Waals surface area (Å²) in [6.45, 7) is 1.82. The average Bonchev–Trinajstić information content (AvgIpc) is 2.37. The number of halogens is 2. The van der Waals surface area contributed by atoms with Crippen molar-refractivity contribution in [2.24, 2.45) is 0 Å². The first-order chi connectivity index (χ1) is 9.85. The van der Waals surface area contributed by atoms with Crippen LogP contribution in [0.15, 0.2) is 18.2 Å². The monoisotopic (exact) mass is 300 g/mol. The van der Waals surface area contributed by atoms with Gasteiger partial charge in [0.1, 0.15) is 17.7 Å². The minimum Gasteiger partial charge on any atom is -0.480 e. The molecule has 0 radical (unpaired) electrons. The summed E-state index contributed by atoms with van der Waals surface area (Å²) in [4.78, 5) is 23.8. The van der Waals surface area contributed by atoms with Crippen LogP contribution in [0.2, 0.25) is 0 Å². The van der Waals surface area contributed by atoms with Crippen molar-refractivity contribution < 1.29 is 23.5 Å². The summed E-state index contributed by atoms with van der Waals surface area (Å²) in [5, 5.41) is 11.5. The van der Waals surface area contributed by atoms with Crippen LogP contribution < -0.4 is 5.32 Å². The van der Waals surface area contributed by atoms with Gasteiger partial charge in [-0.2, -0.15) is 0 Å². The predicted octanol–water partition coefficient (Wildman–Crippen LogP) is 2.01. The number of benzene rings is 1. The number of nitrogens with zero attached hydrogens (tertiary/aromatic N) is 1. The van der Waals surface area contributed by atoms with Crippen molar-refractivity contribution in [1.82, 2.24) is 10.2 Å². The van der Waals surface area contributed by atoms with Crippen molar-refractivity contribution in [3.63, 3.8) is 0 Å². The number of nitrogens with one attached hydrogen (secondary N) is 1. The lowest BCUT2D eigenvalue weighted by Crippen LogP contribution is -2.47. The highest BCUT2D eigenvalue weighted by atomic mass is 19.1. The molecule has 0 spiro atoms. The second kappa shape index (κ2) is 7.56. The van der Waals surface area contributed by atoms with Crippen LogP contribution in [0, 0.1) is 11.6 Å². The summed E-state index contributed by atoms with van der Waals surface area (Å²) in [7, 11) is 1.39. The number of carbonyl (C=O) groups is 2. The summed E-state index contributed by atoms with van der Waals surface area (Å²) in [5.74, 6) is -2.43. The van der Waals surface area contributed by atoms with E-state index in [2.05, 4.69) is 5.32 Å². The van der Waals surface area contributed by atoms with Gasteiger partial charge < -0.3 is 15.3 Å². The van der Waals surface area contributed by atoms with Crippen LogP contribution in [-0.2, 0) is 11.2 Å². The zero-order chi connectivity index (χ0) is 16.0. The van der Waals surface area contributed by atoms with Crippen molar-refractivity contribution in [3.8, 4) is 0 Å². The Morgan fingerprint density at radius 2 is 1.86 bits per heavy atom. The number of amides is 2. The Kier molecular flexibility index (Phi) is 6.08. The predicted molar refractivity (Wildman–Crippen MR) is 72.9 cm³/mol.